The number of hydrogen-bond donors (Lipinski definition) is 1. The van der Waals surface area contributed by atoms with Gasteiger partial charge >= 0.3 is 0 Å². The second-order valence-electron chi connectivity index (χ2n) is 6.18. The van der Waals surface area contributed by atoms with E-state index in [4.69, 9.17) is 11.6 Å². The van der Waals surface area contributed by atoms with Crippen molar-refractivity contribution in [3.8, 4) is 0 Å². The highest BCUT2D eigenvalue weighted by Crippen LogP contribution is 2.32. The van der Waals surface area contributed by atoms with Gasteiger partial charge in [0, 0.05) is 17.3 Å². The minimum Gasteiger partial charge on any atom is -0.301 e. The number of allylic oxidation sites excluding steroid dienone is 1. The van der Waals surface area contributed by atoms with Crippen LogP contribution in [0.3, 0.4) is 0 Å². The minimum absolute atomic E-state index is 0.0653. The standard InChI is InChI=1S/C17H21ClN4O2S2/c1-2-10-22-16(20-21-17(22)25-12-13-4-3-5-13)11-19-26(23,24)15-8-6-14(18)7-9-15/h2,6-9,13,19H,1,3-5,10-12H2. The number of rotatable bonds is 9. The van der Waals surface area contributed by atoms with Crippen molar-refractivity contribution in [3.63, 3.8) is 0 Å². The fourth-order valence-electron chi connectivity index (χ4n) is 2.58. The predicted octanol–water partition coefficient (Wildman–Crippen LogP) is 3.49. The molecular weight excluding hydrogens is 392 g/mol. The third-order valence-electron chi connectivity index (χ3n) is 4.32. The molecule has 1 saturated carbocycles. The highest BCUT2D eigenvalue weighted by atomic mass is 35.5. The van der Waals surface area contributed by atoms with E-state index in [0.717, 1.165) is 16.8 Å². The van der Waals surface area contributed by atoms with E-state index in [1.54, 1.807) is 30.0 Å². The molecule has 0 aliphatic heterocycles. The number of aromatic nitrogens is 3. The Bertz CT molecular complexity index is 861. The zero-order chi connectivity index (χ0) is 18.6. The summed E-state index contributed by atoms with van der Waals surface area (Å²) in [6.07, 6.45) is 5.61. The molecule has 1 heterocycles. The SMILES string of the molecule is C=CCn1c(CNS(=O)(=O)c2ccc(Cl)cc2)nnc1SCC1CCC1. The van der Waals surface area contributed by atoms with Crippen LogP contribution in [0.1, 0.15) is 25.1 Å². The topological polar surface area (TPSA) is 76.9 Å². The van der Waals surface area contributed by atoms with E-state index in [1.807, 2.05) is 4.57 Å². The molecule has 2 aromatic rings. The lowest BCUT2D eigenvalue weighted by Gasteiger charge is -2.24. The molecule has 0 radical (unpaired) electrons. The maximum absolute atomic E-state index is 12.4. The van der Waals surface area contributed by atoms with Gasteiger partial charge in [0.2, 0.25) is 10.0 Å². The van der Waals surface area contributed by atoms with E-state index in [1.165, 1.54) is 31.4 Å². The molecule has 1 aliphatic carbocycles. The van der Waals surface area contributed by atoms with E-state index < -0.39 is 10.0 Å². The molecule has 1 aromatic carbocycles. The number of hydrogen-bond acceptors (Lipinski definition) is 5. The van der Waals surface area contributed by atoms with E-state index >= 15 is 0 Å². The Kier molecular flexibility index (Phi) is 6.39. The number of benzene rings is 1. The Morgan fingerprint density at radius 1 is 1.31 bits per heavy atom. The van der Waals surface area contributed by atoms with Gasteiger partial charge in [0.15, 0.2) is 5.16 Å². The van der Waals surface area contributed by atoms with Gasteiger partial charge in [-0.05, 0) is 43.0 Å². The second kappa shape index (κ2) is 8.56. The number of nitrogens with zero attached hydrogens (tertiary/aromatic N) is 3. The smallest absolute Gasteiger partial charge is 0.240 e. The van der Waals surface area contributed by atoms with Crippen LogP contribution in [0.25, 0.3) is 0 Å². The van der Waals surface area contributed by atoms with E-state index in [-0.39, 0.29) is 11.4 Å². The van der Waals surface area contributed by atoms with Crippen LogP contribution in [0.4, 0.5) is 0 Å². The molecule has 0 saturated heterocycles. The van der Waals surface area contributed by atoms with Crippen molar-refractivity contribution < 1.29 is 8.42 Å². The summed E-state index contributed by atoms with van der Waals surface area (Å²) in [6, 6.07) is 6.04. The van der Waals surface area contributed by atoms with Gasteiger partial charge < -0.3 is 4.57 Å². The Labute approximate surface area is 163 Å². The minimum atomic E-state index is -3.64. The fraction of sp³-hybridized carbons (Fsp3) is 0.412. The van der Waals surface area contributed by atoms with Gasteiger partial charge in [-0.1, -0.05) is 35.9 Å². The lowest BCUT2D eigenvalue weighted by atomic mass is 9.87. The molecule has 0 bridgehead atoms. The molecule has 0 spiro atoms. The van der Waals surface area contributed by atoms with Crippen LogP contribution in [0, 0.1) is 5.92 Å². The maximum Gasteiger partial charge on any atom is 0.240 e. The third-order valence-corrected chi connectivity index (χ3v) is 7.19. The van der Waals surface area contributed by atoms with Gasteiger partial charge in [-0.3, -0.25) is 0 Å². The molecule has 6 nitrogen and oxygen atoms in total. The normalized spacial score (nSPS) is 15.0. The number of halogens is 1. The molecule has 1 fully saturated rings. The first-order chi connectivity index (χ1) is 12.5. The van der Waals surface area contributed by atoms with Crippen molar-refractivity contribution in [1.29, 1.82) is 0 Å². The molecule has 1 aliphatic rings. The molecule has 0 amide bonds. The molecule has 0 atom stereocenters. The number of sulfonamides is 1. The Balaban J connectivity index is 1.69. The highest BCUT2D eigenvalue weighted by molar-refractivity contribution is 7.99. The molecule has 1 aromatic heterocycles. The molecule has 26 heavy (non-hydrogen) atoms. The average molecular weight is 413 g/mol. The fourth-order valence-corrected chi connectivity index (χ4v) is 4.84. The summed E-state index contributed by atoms with van der Waals surface area (Å²) in [4.78, 5) is 0.163. The van der Waals surface area contributed by atoms with Crippen molar-refractivity contribution in [3.05, 3.63) is 47.8 Å². The molecular formula is C17H21ClN4O2S2. The Morgan fingerprint density at radius 2 is 2.04 bits per heavy atom. The third kappa shape index (κ3) is 4.68. The molecule has 0 unspecified atom stereocenters. The lowest BCUT2D eigenvalue weighted by molar-refractivity contribution is 0.353. The lowest BCUT2D eigenvalue weighted by Crippen LogP contribution is -2.25. The molecule has 140 valence electrons. The summed E-state index contributed by atoms with van der Waals surface area (Å²) < 4.78 is 29.3. The van der Waals surface area contributed by atoms with Crippen LogP contribution >= 0.6 is 23.4 Å². The molecule has 1 N–H and O–H groups in total. The first kappa shape index (κ1) is 19.4. The highest BCUT2D eigenvalue weighted by Gasteiger charge is 2.21. The van der Waals surface area contributed by atoms with Gasteiger partial charge in [-0.25, -0.2) is 13.1 Å². The van der Waals surface area contributed by atoms with Gasteiger partial charge in [0.1, 0.15) is 5.82 Å². The van der Waals surface area contributed by atoms with Gasteiger partial charge in [-0.2, -0.15) is 0 Å². The Morgan fingerprint density at radius 3 is 2.65 bits per heavy atom. The van der Waals surface area contributed by atoms with E-state index in [2.05, 4.69) is 21.5 Å². The predicted molar refractivity (Wildman–Crippen MR) is 104 cm³/mol. The summed E-state index contributed by atoms with van der Waals surface area (Å²) in [6.45, 7) is 4.37. The van der Waals surface area contributed by atoms with E-state index in [0.29, 0.717) is 17.4 Å². The van der Waals surface area contributed by atoms with Crippen LogP contribution in [-0.2, 0) is 23.1 Å². The first-order valence-electron chi connectivity index (χ1n) is 8.40. The van der Waals surface area contributed by atoms with Crippen LogP contribution < -0.4 is 4.72 Å². The van der Waals surface area contributed by atoms with Crippen molar-refractivity contribution in [2.45, 2.75) is 42.4 Å². The van der Waals surface area contributed by atoms with Crippen LogP contribution in [-0.4, -0.2) is 28.9 Å². The van der Waals surface area contributed by atoms with Crippen molar-refractivity contribution >= 4 is 33.4 Å². The van der Waals surface area contributed by atoms with Crippen molar-refractivity contribution in [1.82, 2.24) is 19.5 Å². The number of thioether (sulfide) groups is 1. The van der Waals surface area contributed by atoms with Crippen molar-refractivity contribution in [2.24, 2.45) is 5.92 Å². The summed E-state index contributed by atoms with van der Waals surface area (Å²) in [7, 11) is -3.64. The van der Waals surface area contributed by atoms with Gasteiger partial charge in [-0.15, -0.1) is 16.8 Å². The number of nitrogens with one attached hydrogen (secondary N) is 1. The van der Waals surface area contributed by atoms with Crippen molar-refractivity contribution in [2.75, 3.05) is 5.75 Å². The Hall–Kier alpha value is -1.35. The monoisotopic (exact) mass is 412 g/mol. The first-order valence-corrected chi connectivity index (χ1v) is 11.3. The average Bonchev–Trinajstić information content (AvgIpc) is 2.95. The van der Waals surface area contributed by atoms with E-state index in [9.17, 15) is 8.42 Å². The van der Waals surface area contributed by atoms with Crippen LogP contribution in [0.15, 0.2) is 47.0 Å². The van der Waals surface area contributed by atoms with Crippen LogP contribution in [0.5, 0.6) is 0 Å². The summed E-state index contributed by atoms with van der Waals surface area (Å²) in [5, 5.41) is 9.68. The largest absolute Gasteiger partial charge is 0.301 e. The van der Waals surface area contributed by atoms with Crippen LogP contribution in [0.2, 0.25) is 5.02 Å². The quantitative estimate of drug-likeness (QED) is 0.504. The molecule has 9 heteroatoms. The van der Waals surface area contributed by atoms with Gasteiger partial charge in [0.25, 0.3) is 0 Å². The second-order valence-corrected chi connectivity index (χ2v) is 9.38. The summed E-state index contributed by atoms with van der Waals surface area (Å²) >= 11 is 7.48. The van der Waals surface area contributed by atoms with Gasteiger partial charge in [0.05, 0.1) is 11.4 Å². The molecule has 3 rings (SSSR count). The zero-order valence-electron chi connectivity index (χ0n) is 14.3. The maximum atomic E-state index is 12.4. The summed E-state index contributed by atoms with van der Waals surface area (Å²) in [5.41, 5.74) is 0. The summed E-state index contributed by atoms with van der Waals surface area (Å²) in [5.74, 6) is 2.34. The zero-order valence-corrected chi connectivity index (χ0v) is 16.7.